The van der Waals surface area contributed by atoms with Gasteiger partial charge in [-0.05, 0) is 25.1 Å². The van der Waals surface area contributed by atoms with E-state index in [0.29, 0.717) is 5.02 Å². The van der Waals surface area contributed by atoms with Crippen molar-refractivity contribution in [3.05, 3.63) is 28.8 Å². The maximum Gasteiger partial charge on any atom is 0.0716 e. The fourth-order valence-corrected chi connectivity index (χ4v) is 2.76. The molecule has 1 aromatic rings. The van der Waals surface area contributed by atoms with Crippen LogP contribution in [0.3, 0.4) is 0 Å². The molecule has 18 heavy (non-hydrogen) atoms. The van der Waals surface area contributed by atoms with Crippen molar-refractivity contribution in [3.63, 3.8) is 0 Å². The highest BCUT2D eigenvalue weighted by Crippen LogP contribution is 2.28. The first kappa shape index (κ1) is 13.7. The Balaban J connectivity index is 2.07. The Labute approximate surface area is 114 Å². The minimum absolute atomic E-state index is 0.00415. The minimum Gasteiger partial charge on any atom is -0.392 e. The molecule has 1 saturated heterocycles. The molecule has 0 aliphatic carbocycles. The van der Waals surface area contributed by atoms with Crippen LogP contribution in [0.25, 0.3) is 0 Å². The third-order valence-electron chi connectivity index (χ3n) is 3.51. The van der Waals surface area contributed by atoms with Gasteiger partial charge in [-0.1, -0.05) is 24.6 Å². The van der Waals surface area contributed by atoms with Gasteiger partial charge in [0.25, 0.3) is 0 Å². The summed E-state index contributed by atoms with van der Waals surface area (Å²) in [5.74, 6) is 0. The number of anilines is 1. The fourth-order valence-electron chi connectivity index (χ4n) is 2.53. The van der Waals surface area contributed by atoms with E-state index in [1.807, 2.05) is 18.2 Å². The topological polar surface area (TPSA) is 26.7 Å². The van der Waals surface area contributed by atoms with Crippen LogP contribution in [0.4, 0.5) is 5.69 Å². The number of hydrogen-bond donors (Lipinski definition) is 1. The van der Waals surface area contributed by atoms with Crippen LogP contribution in [0.15, 0.2) is 18.2 Å². The molecule has 1 aliphatic rings. The molecule has 0 aromatic heterocycles. The summed E-state index contributed by atoms with van der Waals surface area (Å²) in [5.41, 5.74) is 1.93. The first-order valence-electron chi connectivity index (χ1n) is 6.61. The van der Waals surface area contributed by atoms with E-state index in [9.17, 15) is 5.11 Å². The Morgan fingerprint density at radius 2 is 1.94 bits per heavy atom. The predicted molar refractivity (Wildman–Crippen MR) is 76.3 cm³/mol. The summed E-state index contributed by atoms with van der Waals surface area (Å²) >= 11 is 6.13. The SMILES string of the molecule is CCCN1CCN(c2cccc(Cl)c2CO)CC1. The molecule has 0 spiro atoms. The van der Waals surface area contributed by atoms with Gasteiger partial charge in [0.1, 0.15) is 0 Å². The normalized spacial score (nSPS) is 17.2. The van der Waals surface area contributed by atoms with Gasteiger partial charge in [-0.2, -0.15) is 0 Å². The lowest BCUT2D eigenvalue weighted by Crippen LogP contribution is -2.46. The highest BCUT2D eigenvalue weighted by molar-refractivity contribution is 6.31. The van der Waals surface area contributed by atoms with Gasteiger partial charge in [0.05, 0.1) is 6.61 Å². The van der Waals surface area contributed by atoms with Crippen molar-refractivity contribution in [2.75, 3.05) is 37.6 Å². The van der Waals surface area contributed by atoms with E-state index in [2.05, 4.69) is 16.7 Å². The number of halogens is 1. The monoisotopic (exact) mass is 268 g/mol. The van der Waals surface area contributed by atoms with Crippen LogP contribution in [-0.2, 0) is 6.61 Å². The van der Waals surface area contributed by atoms with Crippen LogP contribution in [0.5, 0.6) is 0 Å². The summed E-state index contributed by atoms with van der Waals surface area (Å²) in [6, 6.07) is 5.84. The second-order valence-corrected chi connectivity index (χ2v) is 5.13. The summed E-state index contributed by atoms with van der Waals surface area (Å²) in [5, 5.41) is 10.1. The van der Waals surface area contributed by atoms with Crippen molar-refractivity contribution in [2.45, 2.75) is 20.0 Å². The number of aliphatic hydroxyl groups excluding tert-OH is 1. The lowest BCUT2D eigenvalue weighted by atomic mass is 10.1. The van der Waals surface area contributed by atoms with Crippen molar-refractivity contribution in [3.8, 4) is 0 Å². The number of aliphatic hydroxyl groups is 1. The predicted octanol–water partition coefficient (Wildman–Crippen LogP) is 2.36. The molecule has 0 saturated carbocycles. The Kier molecular flexibility index (Phi) is 4.87. The van der Waals surface area contributed by atoms with Crippen molar-refractivity contribution in [2.24, 2.45) is 0 Å². The molecule has 0 atom stereocenters. The first-order valence-corrected chi connectivity index (χ1v) is 6.99. The van der Waals surface area contributed by atoms with Crippen molar-refractivity contribution in [1.29, 1.82) is 0 Å². The standard InChI is InChI=1S/C14H21ClN2O/c1-2-6-16-7-9-17(10-8-16)14-5-3-4-13(15)12(14)11-18/h3-5,18H,2,6-11H2,1H3. The van der Waals surface area contributed by atoms with E-state index in [4.69, 9.17) is 11.6 Å². The lowest BCUT2D eigenvalue weighted by Gasteiger charge is -2.36. The fraction of sp³-hybridized carbons (Fsp3) is 0.571. The average Bonchev–Trinajstić information content (AvgIpc) is 2.40. The van der Waals surface area contributed by atoms with Crippen molar-refractivity contribution in [1.82, 2.24) is 4.90 Å². The molecule has 0 unspecified atom stereocenters. The van der Waals surface area contributed by atoms with Gasteiger partial charge in [-0.25, -0.2) is 0 Å². The molecule has 2 rings (SSSR count). The number of benzene rings is 1. The van der Waals surface area contributed by atoms with Gasteiger partial charge in [0, 0.05) is 42.5 Å². The molecule has 1 aliphatic heterocycles. The summed E-state index contributed by atoms with van der Waals surface area (Å²) in [6.07, 6.45) is 1.21. The largest absolute Gasteiger partial charge is 0.392 e. The summed E-state index contributed by atoms with van der Waals surface area (Å²) in [4.78, 5) is 4.81. The molecule has 1 heterocycles. The minimum atomic E-state index is 0.00415. The second kappa shape index (κ2) is 6.41. The average molecular weight is 269 g/mol. The maximum absolute atomic E-state index is 9.44. The van der Waals surface area contributed by atoms with Crippen LogP contribution < -0.4 is 4.90 Å². The molecule has 100 valence electrons. The van der Waals surface area contributed by atoms with E-state index in [0.717, 1.165) is 37.4 Å². The molecule has 4 heteroatoms. The Morgan fingerprint density at radius 3 is 2.56 bits per heavy atom. The smallest absolute Gasteiger partial charge is 0.0716 e. The molecule has 1 aromatic carbocycles. The van der Waals surface area contributed by atoms with E-state index in [-0.39, 0.29) is 6.61 Å². The van der Waals surface area contributed by atoms with E-state index in [1.165, 1.54) is 13.0 Å². The van der Waals surface area contributed by atoms with E-state index >= 15 is 0 Å². The van der Waals surface area contributed by atoms with Gasteiger partial charge < -0.3 is 10.0 Å². The summed E-state index contributed by atoms with van der Waals surface area (Å²) < 4.78 is 0. The molecule has 0 bridgehead atoms. The zero-order chi connectivity index (χ0) is 13.0. The van der Waals surface area contributed by atoms with Crippen molar-refractivity contribution >= 4 is 17.3 Å². The summed E-state index contributed by atoms with van der Waals surface area (Å²) in [6.45, 7) is 7.59. The molecule has 0 radical (unpaired) electrons. The van der Waals surface area contributed by atoms with E-state index in [1.54, 1.807) is 0 Å². The number of piperazine rings is 1. The summed E-state index contributed by atoms with van der Waals surface area (Å²) in [7, 11) is 0. The molecular weight excluding hydrogens is 248 g/mol. The van der Waals surface area contributed by atoms with Crippen LogP contribution in [0, 0.1) is 0 Å². The Hall–Kier alpha value is -0.770. The lowest BCUT2D eigenvalue weighted by molar-refractivity contribution is 0.256. The highest BCUT2D eigenvalue weighted by atomic mass is 35.5. The zero-order valence-corrected chi connectivity index (χ0v) is 11.7. The van der Waals surface area contributed by atoms with Gasteiger partial charge in [0.2, 0.25) is 0 Å². The van der Waals surface area contributed by atoms with Gasteiger partial charge >= 0.3 is 0 Å². The molecule has 1 fully saturated rings. The molecule has 0 amide bonds. The zero-order valence-electron chi connectivity index (χ0n) is 10.9. The Bertz CT molecular complexity index is 389. The third kappa shape index (κ3) is 2.97. The number of hydrogen-bond acceptors (Lipinski definition) is 3. The van der Waals surface area contributed by atoms with Crippen LogP contribution in [-0.4, -0.2) is 42.7 Å². The van der Waals surface area contributed by atoms with Crippen LogP contribution in [0.1, 0.15) is 18.9 Å². The quantitative estimate of drug-likeness (QED) is 0.908. The number of rotatable bonds is 4. The van der Waals surface area contributed by atoms with Crippen molar-refractivity contribution < 1.29 is 5.11 Å². The highest BCUT2D eigenvalue weighted by Gasteiger charge is 2.19. The third-order valence-corrected chi connectivity index (χ3v) is 3.86. The van der Waals surface area contributed by atoms with E-state index < -0.39 is 0 Å². The molecule has 1 N–H and O–H groups in total. The first-order chi connectivity index (χ1) is 8.76. The molecular formula is C14H21ClN2O. The molecule has 3 nitrogen and oxygen atoms in total. The Morgan fingerprint density at radius 1 is 1.22 bits per heavy atom. The van der Waals surface area contributed by atoms with Crippen LogP contribution in [0.2, 0.25) is 5.02 Å². The number of nitrogens with zero attached hydrogens (tertiary/aromatic N) is 2. The van der Waals surface area contributed by atoms with Crippen LogP contribution >= 0.6 is 11.6 Å². The van der Waals surface area contributed by atoms with Gasteiger partial charge in [-0.3, -0.25) is 4.90 Å². The van der Waals surface area contributed by atoms with Gasteiger partial charge in [-0.15, -0.1) is 0 Å². The maximum atomic E-state index is 9.44. The second-order valence-electron chi connectivity index (χ2n) is 4.72. The van der Waals surface area contributed by atoms with Gasteiger partial charge in [0.15, 0.2) is 0 Å².